The normalized spacial score (nSPS) is 10.1. The number of unbranched alkanes of at least 4 members (excludes halogenated alkanes) is 1. The Bertz CT molecular complexity index is 406. The molecule has 0 aliphatic carbocycles. The molecule has 0 heterocycles. The zero-order valence-electron chi connectivity index (χ0n) is 10.2. The summed E-state index contributed by atoms with van der Waals surface area (Å²) in [7, 11) is 0. The van der Waals surface area contributed by atoms with Gasteiger partial charge in [-0.1, -0.05) is 13.3 Å². The molecule has 6 heteroatoms. The highest BCUT2D eigenvalue weighted by Crippen LogP contribution is 2.15. The van der Waals surface area contributed by atoms with Crippen molar-refractivity contribution in [3.63, 3.8) is 0 Å². The monoisotopic (exact) mass is 268 g/mol. The van der Waals surface area contributed by atoms with Gasteiger partial charge in [0.05, 0.1) is 10.7 Å². The Morgan fingerprint density at radius 2 is 2.06 bits per heavy atom. The van der Waals surface area contributed by atoms with Crippen LogP contribution < -0.4 is 5.32 Å². The van der Waals surface area contributed by atoms with Crippen molar-refractivity contribution < 1.29 is 9.72 Å². The van der Waals surface area contributed by atoms with E-state index in [-0.39, 0.29) is 11.6 Å². The van der Waals surface area contributed by atoms with Gasteiger partial charge in [0.2, 0.25) is 5.91 Å². The molecule has 1 rings (SSSR count). The molecule has 0 aliphatic heterocycles. The lowest BCUT2D eigenvalue weighted by Gasteiger charge is -2.04. The minimum atomic E-state index is -0.466. The van der Waals surface area contributed by atoms with Gasteiger partial charge in [-0.25, -0.2) is 0 Å². The number of nitrogens with one attached hydrogen (secondary N) is 1. The number of hydrogen-bond acceptors (Lipinski definition) is 4. The van der Waals surface area contributed by atoms with Crippen LogP contribution in [0.3, 0.4) is 0 Å². The highest BCUT2D eigenvalue weighted by molar-refractivity contribution is 7.99. The SMILES string of the molecule is CCCCSCC(=O)Nc1ccc([N+](=O)[O-])cc1. The van der Waals surface area contributed by atoms with Crippen LogP contribution >= 0.6 is 11.8 Å². The van der Waals surface area contributed by atoms with Crippen LogP contribution in [0.5, 0.6) is 0 Å². The summed E-state index contributed by atoms with van der Waals surface area (Å²) in [6.45, 7) is 2.11. The van der Waals surface area contributed by atoms with E-state index in [4.69, 9.17) is 0 Å². The molecule has 1 N–H and O–H groups in total. The molecule has 0 saturated heterocycles. The molecular formula is C12H16N2O3S. The van der Waals surface area contributed by atoms with Crippen LogP contribution in [0.25, 0.3) is 0 Å². The predicted octanol–water partition coefficient (Wildman–Crippen LogP) is 3.07. The fourth-order valence-electron chi connectivity index (χ4n) is 1.27. The summed E-state index contributed by atoms with van der Waals surface area (Å²) < 4.78 is 0. The molecule has 0 unspecified atom stereocenters. The topological polar surface area (TPSA) is 72.2 Å². The van der Waals surface area contributed by atoms with E-state index >= 15 is 0 Å². The van der Waals surface area contributed by atoms with E-state index in [0.29, 0.717) is 11.4 Å². The van der Waals surface area contributed by atoms with E-state index in [2.05, 4.69) is 12.2 Å². The average molecular weight is 268 g/mol. The van der Waals surface area contributed by atoms with Crippen molar-refractivity contribution in [3.05, 3.63) is 34.4 Å². The molecule has 0 saturated carbocycles. The summed E-state index contributed by atoms with van der Waals surface area (Å²) in [4.78, 5) is 21.5. The van der Waals surface area contributed by atoms with Gasteiger partial charge < -0.3 is 5.32 Å². The fourth-order valence-corrected chi connectivity index (χ4v) is 2.17. The van der Waals surface area contributed by atoms with Crippen LogP contribution in [-0.2, 0) is 4.79 Å². The van der Waals surface area contributed by atoms with Gasteiger partial charge in [-0.2, -0.15) is 11.8 Å². The first kappa shape index (κ1) is 14.5. The van der Waals surface area contributed by atoms with Crippen LogP contribution in [0.4, 0.5) is 11.4 Å². The summed E-state index contributed by atoms with van der Waals surface area (Å²) in [5.74, 6) is 1.31. The fraction of sp³-hybridized carbons (Fsp3) is 0.417. The Balaban J connectivity index is 2.37. The highest BCUT2D eigenvalue weighted by atomic mass is 32.2. The molecule has 0 bridgehead atoms. The molecule has 98 valence electrons. The van der Waals surface area contributed by atoms with Crippen LogP contribution in [0.2, 0.25) is 0 Å². The molecule has 0 spiro atoms. The molecule has 1 aromatic rings. The number of amides is 1. The van der Waals surface area contributed by atoms with E-state index < -0.39 is 4.92 Å². The van der Waals surface area contributed by atoms with Crippen molar-refractivity contribution in [1.82, 2.24) is 0 Å². The first-order chi connectivity index (χ1) is 8.63. The van der Waals surface area contributed by atoms with Crippen molar-refractivity contribution >= 4 is 29.0 Å². The second-order valence-electron chi connectivity index (χ2n) is 3.76. The second-order valence-corrected chi connectivity index (χ2v) is 4.86. The number of thioether (sulfide) groups is 1. The minimum absolute atomic E-state index is 0.0188. The van der Waals surface area contributed by atoms with Crippen LogP contribution in [0.15, 0.2) is 24.3 Å². The number of carbonyl (C=O) groups is 1. The molecule has 1 aromatic carbocycles. The maximum atomic E-state index is 11.5. The van der Waals surface area contributed by atoms with Gasteiger partial charge in [-0.05, 0) is 24.3 Å². The van der Waals surface area contributed by atoms with E-state index in [1.54, 1.807) is 11.8 Å². The quantitative estimate of drug-likeness (QED) is 0.468. The largest absolute Gasteiger partial charge is 0.325 e. The Morgan fingerprint density at radius 3 is 2.61 bits per heavy atom. The predicted molar refractivity (Wildman–Crippen MR) is 74.0 cm³/mol. The standard InChI is InChI=1S/C12H16N2O3S/c1-2-3-8-18-9-12(15)13-10-4-6-11(7-5-10)14(16)17/h4-7H,2-3,8-9H2,1H3,(H,13,15). The molecule has 0 radical (unpaired) electrons. The second kappa shape index (κ2) is 7.71. The summed E-state index contributed by atoms with van der Waals surface area (Å²) >= 11 is 1.59. The molecule has 18 heavy (non-hydrogen) atoms. The number of nitro benzene ring substituents is 1. The Morgan fingerprint density at radius 1 is 1.39 bits per heavy atom. The number of benzene rings is 1. The van der Waals surface area contributed by atoms with Gasteiger partial charge >= 0.3 is 0 Å². The molecule has 5 nitrogen and oxygen atoms in total. The van der Waals surface area contributed by atoms with Gasteiger partial charge in [0, 0.05) is 17.8 Å². The van der Waals surface area contributed by atoms with Crippen LogP contribution in [0, 0.1) is 10.1 Å². The number of anilines is 1. The number of rotatable bonds is 7. The molecule has 1 amide bonds. The lowest BCUT2D eigenvalue weighted by atomic mass is 10.3. The van der Waals surface area contributed by atoms with Crippen molar-refractivity contribution in [1.29, 1.82) is 0 Å². The highest BCUT2D eigenvalue weighted by Gasteiger charge is 2.06. The van der Waals surface area contributed by atoms with Crippen molar-refractivity contribution in [2.75, 3.05) is 16.8 Å². The van der Waals surface area contributed by atoms with Crippen molar-refractivity contribution in [2.24, 2.45) is 0 Å². The molecule has 0 aromatic heterocycles. The maximum absolute atomic E-state index is 11.5. The zero-order chi connectivity index (χ0) is 13.4. The molecule has 0 fully saturated rings. The third-order valence-electron chi connectivity index (χ3n) is 2.24. The molecule has 0 atom stereocenters. The van der Waals surface area contributed by atoms with Gasteiger partial charge in [0.1, 0.15) is 0 Å². The summed E-state index contributed by atoms with van der Waals surface area (Å²) in [6, 6.07) is 5.82. The van der Waals surface area contributed by atoms with E-state index in [1.807, 2.05) is 0 Å². The molecular weight excluding hydrogens is 252 g/mol. The third kappa shape index (κ3) is 5.18. The molecule has 0 aliphatic rings. The van der Waals surface area contributed by atoms with Crippen LogP contribution in [0.1, 0.15) is 19.8 Å². The van der Waals surface area contributed by atoms with Gasteiger partial charge in [0.15, 0.2) is 0 Å². The van der Waals surface area contributed by atoms with E-state index in [0.717, 1.165) is 18.6 Å². The zero-order valence-corrected chi connectivity index (χ0v) is 11.0. The van der Waals surface area contributed by atoms with Crippen molar-refractivity contribution in [3.8, 4) is 0 Å². The average Bonchev–Trinajstić information content (AvgIpc) is 2.35. The first-order valence-corrected chi connectivity index (χ1v) is 6.91. The number of nitrogens with zero attached hydrogens (tertiary/aromatic N) is 1. The summed E-state index contributed by atoms with van der Waals surface area (Å²) in [5, 5.41) is 13.2. The summed E-state index contributed by atoms with van der Waals surface area (Å²) in [6.07, 6.45) is 2.23. The van der Waals surface area contributed by atoms with Crippen LogP contribution in [-0.4, -0.2) is 22.3 Å². The summed E-state index contributed by atoms with van der Waals surface area (Å²) in [5.41, 5.74) is 0.604. The number of hydrogen-bond donors (Lipinski definition) is 1. The maximum Gasteiger partial charge on any atom is 0.269 e. The van der Waals surface area contributed by atoms with Gasteiger partial charge in [0.25, 0.3) is 5.69 Å². The van der Waals surface area contributed by atoms with E-state index in [1.165, 1.54) is 24.3 Å². The van der Waals surface area contributed by atoms with E-state index in [9.17, 15) is 14.9 Å². The lowest BCUT2D eigenvalue weighted by molar-refractivity contribution is -0.384. The Kier molecular flexibility index (Phi) is 6.21. The van der Waals surface area contributed by atoms with Crippen molar-refractivity contribution in [2.45, 2.75) is 19.8 Å². The third-order valence-corrected chi connectivity index (χ3v) is 3.28. The smallest absolute Gasteiger partial charge is 0.269 e. The van der Waals surface area contributed by atoms with Gasteiger partial charge in [-0.15, -0.1) is 0 Å². The first-order valence-electron chi connectivity index (χ1n) is 5.75. The Hall–Kier alpha value is -1.56. The number of non-ortho nitro benzene ring substituents is 1. The minimum Gasteiger partial charge on any atom is -0.325 e. The van der Waals surface area contributed by atoms with Gasteiger partial charge in [-0.3, -0.25) is 14.9 Å². The lowest BCUT2D eigenvalue weighted by Crippen LogP contribution is -2.14. The Labute approximate surface area is 110 Å². The number of nitro groups is 1. The number of carbonyl (C=O) groups excluding carboxylic acids is 1.